The number of hydrogen-bond acceptors (Lipinski definition) is 4. The van der Waals surface area contributed by atoms with Crippen LogP contribution in [0.5, 0.6) is 0 Å². The van der Waals surface area contributed by atoms with E-state index in [1.54, 1.807) is 24.8 Å². The monoisotopic (exact) mass is 283 g/mol. The third-order valence-corrected chi connectivity index (χ3v) is 4.07. The van der Waals surface area contributed by atoms with Gasteiger partial charge in [0.15, 0.2) is 0 Å². The van der Waals surface area contributed by atoms with Gasteiger partial charge in [0.05, 0.1) is 32.0 Å². The van der Waals surface area contributed by atoms with Crippen LogP contribution < -0.4 is 0 Å². The molecule has 5 heteroatoms. The number of carbonyl (C=O) groups is 1. The van der Waals surface area contributed by atoms with Crippen LogP contribution in [0.1, 0.15) is 26.7 Å². The molecule has 5 nitrogen and oxygen atoms in total. The number of aliphatic hydroxyl groups is 1. The lowest BCUT2D eigenvalue weighted by Gasteiger charge is -2.41. The van der Waals surface area contributed by atoms with Gasteiger partial charge < -0.3 is 19.5 Å². The van der Waals surface area contributed by atoms with E-state index in [0.29, 0.717) is 32.3 Å². The Morgan fingerprint density at radius 3 is 2.95 bits per heavy atom. The van der Waals surface area contributed by atoms with E-state index in [0.717, 1.165) is 12.8 Å². The zero-order valence-electron chi connectivity index (χ0n) is 12.4. The van der Waals surface area contributed by atoms with Crippen molar-refractivity contribution >= 4 is 5.91 Å². The molecule has 1 saturated heterocycles. The normalized spacial score (nSPS) is 30.1. The number of carbonyl (C=O) groups excluding carboxylic acids is 1. The molecule has 1 heterocycles. The van der Waals surface area contributed by atoms with Gasteiger partial charge in [0.25, 0.3) is 5.91 Å². The average molecular weight is 283 g/mol. The Kier molecular flexibility index (Phi) is 4.83. The van der Waals surface area contributed by atoms with Gasteiger partial charge in [-0.25, -0.2) is 0 Å². The first-order valence-corrected chi connectivity index (χ1v) is 7.29. The van der Waals surface area contributed by atoms with E-state index in [-0.39, 0.29) is 18.1 Å². The van der Waals surface area contributed by atoms with Gasteiger partial charge >= 0.3 is 0 Å². The van der Waals surface area contributed by atoms with Crippen LogP contribution in [0.25, 0.3) is 0 Å². The molecule has 0 unspecified atom stereocenters. The third-order valence-electron chi connectivity index (χ3n) is 4.07. The topological polar surface area (TPSA) is 59.0 Å². The molecule has 0 radical (unpaired) electrons. The molecule has 0 spiro atoms. The molecule has 1 aliphatic heterocycles. The van der Waals surface area contributed by atoms with Crippen LogP contribution in [0, 0.1) is 5.92 Å². The highest BCUT2D eigenvalue weighted by molar-refractivity contribution is 5.84. The molecular weight excluding hydrogens is 258 g/mol. The highest BCUT2D eigenvalue weighted by Crippen LogP contribution is 2.35. The zero-order valence-corrected chi connectivity index (χ0v) is 12.4. The summed E-state index contributed by atoms with van der Waals surface area (Å²) in [7, 11) is 0. The summed E-state index contributed by atoms with van der Waals surface area (Å²) in [4.78, 5) is 14.1. The number of nitrogens with zero attached hydrogens (tertiary/aromatic N) is 1. The number of rotatable bonds is 5. The molecule has 0 aromatic carbocycles. The molecule has 0 bridgehead atoms. The van der Waals surface area contributed by atoms with Crippen LogP contribution in [-0.2, 0) is 14.3 Å². The molecule has 0 aromatic rings. The maximum atomic E-state index is 12.3. The molecule has 20 heavy (non-hydrogen) atoms. The first-order valence-electron chi connectivity index (χ1n) is 7.29. The van der Waals surface area contributed by atoms with Gasteiger partial charge in [-0.3, -0.25) is 4.79 Å². The van der Waals surface area contributed by atoms with Gasteiger partial charge in [0.2, 0.25) is 0 Å². The lowest BCUT2D eigenvalue weighted by atomic mass is 10.0. The van der Waals surface area contributed by atoms with Gasteiger partial charge in [-0.15, -0.1) is 6.58 Å². The predicted octanol–water partition coefficient (Wildman–Crippen LogP) is 0.966. The maximum Gasteiger partial charge on any atom is 0.254 e. The van der Waals surface area contributed by atoms with Crippen molar-refractivity contribution in [2.45, 2.75) is 44.4 Å². The summed E-state index contributed by atoms with van der Waals surface area (Å²) in [5.41, 5.74) is -1.32. The molecule has 1 amide bonds. The molecular formula is C15H25NO4. The van der Waals surface area contributed by atoms with Gasteiger partial charge in [-0.05, 0) is 26.7 Å². The first kappa shape index (κ1) is 15.5. The molecule has 2 aliphatic rings. The minimum atomic E-state index is -1.32. The highest BCUT2D eigenvalue weighted by Gasteiger charge is 2.46. The summed E-state index contributed by atoms with van der Waals surface area (Å²) >= 11 is 0. The highest BCUT2D eigenvalue weighted by atomic mass is 16.5. The van der Waals surface area contributed by atoms with Crippen molar-refractivity contribution in [2.24, 2.45) is 5.92 Å². The lowest BCUT2D eigenvalue weighted by molar-refractivity contribution is -0.162. The summed E-state index contributed by atoms with van der Waals surface area (Å²) < 4.78 is 11.4. The number of fused-ring (bicyclic) bond motifs is 1. The summed E-state index contributed by atoms with van der Waals surface area (Å²) in [6.07, 6.45) is 3.66. The molecule has 1 N–H and O–H groups in total. The Labute approximate surface area is 120 Å². The van der Waals surface area contributed by atoms with E-state index < -0.39 is 5.60 Å². The van der Waals surface area contributed by atoms with Crippen molar-refractivity contribution in [3.8, 4) is 0 Å². The molecule has 2 fully saturated rings. The van der Waals surface area contributed by atoms with Gasteiger partial charge in [0.1, 0.15) is 5.60 Å². The number of hydrogen-bond donors (Lipinski definition) is 1. The summed E-state index contributed by atoms with van der Waals surface area (Å²) in [5.74, 6) is 0.112. The smallest absolute Gasteiger partial charge is 0.254 e. The Morgan fingerprint density at radius 2 is 2.30 bits per heavy atom. The first-order chi connectivity index (χ1) is 9.45. The Morgan fingerprint density at radius 1 is 1.55 bits per heavy atom. The number of amides is 1. The molecule has 1 aliphatic carbocycles. The van der Waals surface area contributed by atoms with Gasteiger partial charge in [0, 0.05) is 12.5 Å². The van der Waals surface area contributed by atoms with E-state index >= 15 is 0 Å². The Bertz CT molecular complexity index is 363. The Hall–Kier alpha value is -0.910. The minimum absolute atomic E-state index is 0.0277. The zero-order chi connectivity index (χ0) is 14.8. The molecule has 1 saturated carbocycles. The van der Waals surface area contributed by atoms with Crippen LogP contribution in [0.2, 0.25) is 0 Å². The number of morpholine rings is 1. The minimum Gasteiger partial charge on any atom is -0.381 e. The van der Waals surface area contributed by atoms with Crippen molar-refractivity contribution in [2.75, 3.05) is 26.4 Å². The van der Waals surface area contributed by atoms with Crippen LogP contribution >= 0.6 is 0 Å². The van der Waals surface area contributed by atoms with Crippen LogP contribution in [-0.4, -0.2) is 60.0 Å². The van der Waals surface area contributed by atoms with E-state index in [1.165, 1.54) is 0 Å². The second-order valence-corrected chi connectivity index (χ2v) is 6.12. The second kappa shape index (κ2) is 6.24. The summed E-state index contributed by atoms with van der Waals surface area (Å²) in [5, 5.41) is 9.93. The van der Waals surface area contributed by atoms with E-state index in [9.17, 15) is 9.90 Å². The lowest BCUT2D eigenvalue weighted by Crippen LogP contribution is -2.57. The standard InChI is InChI=1S/C15H25NO4/c1-4-8-19-10-11-5-6-12-13(11)20-9-7-16(12)14(17)15(2,3)18/h4,11-13,18H,1,5-10H2,2-3H3/t11-,12-,13-/m0/s1. The van der Waals surface area contributed by atoms with Gasteiger partial charge in [-0.2, -0.15) is 0 Å². The van der Waals surface area contributed by atoms with Crippen molar-refractivity contribution in [3.05, 3.63) is 12.7 Å². The molecule has 2 rings (SSSR count). The quantitative estimate of drug-likeness (QED) is 0.603. The fourth-order valence-corrected chi connectivity index (χ4v) is 3.15. The van der Waals surface area contributed by atoms with Crippen molar-refractivity contribution in [3.63, 3.8) is 0 Å². The Balaban J connectivity index is 2.00. The van der Waals surface area contributed by atoms with Crippen molar-refractivity contribution in [1.82, 2.24) is 4.90 Å². The van der Waals surface area contributed by atoms with E-state index in [4.69, 9.17) is 9.47 Å². The molecule has 0 aromatic heterocycles. The maximum absolute atomic E-state index is 12.3. The predicted molar refractivity (Wildman–Crippen MR) is 75.3 cm³/mol. The molecule has 3 atom stereocenters. The number of ether oxygens (including phenoxy) is 2. The average Bonchev–Trinajstić information content (AvgIpc) is 2.80. The summed E-state index contributed by atoms with van der Waals surface area (Å²) in [6, 6.07) is 0.0695. The third kappa shape index (κ3) is 3.22. The fourth-order valence-electron chi connectivity index (χ4n) is 3.15. The SMILES string of the molecule is C=CCOC[C@@H]1CC[C@H]2[C@H]1OCCN2C(=O)C(C)(C)O. The van der Waals surface area contributed by atoms with Crippen LogP contribution in [0.3, 0.4) is 0 Å². The summed E-state index contributed by atoms with van der Waals surface area (Å²) in [6.45, 7) is 8.98. The van der Waals surface area contributed by atoms with Crippen LogP contribution in [0.15, 0.2) is 12.7 Å². The van der Waals surface area contributed by atoms with Gasteiger partial charge in [-0.1, -0.05) is 6.08 Å². The second-order valence-electron chi connectivity index (χ2n) is 6.12. The largest absolute Gasteiger partial charge is 0.381 e. The van der Waals surface area contributed by atoms with Crippen molar-refractivity contribution < 1.29 is 19.4 Å². The van der Waals surface area contributed by atoms with Crippen LogP contribution in [0.4, 0.5) is 0 Å². The van der Waals surface area contributed by atoms with Crippen molar-refractivity contribution in [1.29, 1.82) is 0 Å². The fraction of sp³-hybridized carbons (Fsp3) is 0.800. The molecule has 114 valence electrons. The van der Waals surface area contributed by atoms with E-state index in [2.05, 4.69) is 6.58 Å². The van der Waals surface area contributed by atoms with E-state index in [1.807, 2.05) is 0 Å².